The number of hydrogen-bond acceptors (Lipinski definition) is 2. The number of amides is 2. The van der Waals surface area contributed by atoms with Crippen LogP contribution in [0.3, 0.4) is 0 Å². The number of piperidine rings is 1. The lowest BCUT2D eigenvalue weighted by molar-refractivity contribution is -0.131. The lowest BCUT2D eigenvalue weighted by atomic mass is 10.1. The zero-order valence-electron chi connectivity index (χ0n) is 4.94. The number of carbonyl (C=O) groups excluding carboxylic acids is 2. The summed E-state index contributed by atoms with van der Waals surface area (Å²) in [7, 11) is 0. The number of imide groups is 1. The molecular formula is C6H7NO2. The molecule has 9 heavy (non-hydrogen) atoms. The molecule has 2 amide bonds. The molecular weight excluding hydrogens is 118 g/mol. The summed E-state index contributed by atoms with van der Waals surface area (Å²) in [5.74, 6) is -0.479. The largest absolute Gasteiger partial charge is 0.296 e. The Morgan fingerprint density at radius 3 is 2.00 bits per heavy atom. The van der Waals surface area contributed by atoms with Crippen molar-refractivity contribution in [2.45, 2.75) is 12.8 Å². The van der Waals surface area contributed by atoms with Crippen LogP contribution in [0.15, 0.2) is 12.2 Å². The van der Waals surface area contributed by atoms with E-state index in [1.54, 1.807) is 0 Å². The predicted molar refractivity (Wildman–Crippen MR) is 31.5 cm³/mol. The number of carbonyl (C=O) groups is 2. The van der Waals surface area contributed by atoms with Gasteiger partial charge in [0.25, 0.3) is 0 Å². The molecule has 0 saturated carbocycles. The zero-order valence-corrected chi connectivity index (χ0v) is 4.94. The van der Waals surface area contributed by atoms with Crippen molar-refractivity contribution >= 4 is 11.8 Å². The van der Waals surface area contributed by atoms with Crippen LogP contribution in [0, 0.1) is 0 Å². The lowest BCUT2D eigenvalue weighted by Crippen LogP contribution is -2.34. The van der Waals surface area contributed by atoms with Gasteiger partial charge in [-0.1, -0.05) is 12.2 Å². The van der Waals surface area contributed by atoms with Gasteiger partial charge < -0.3 is 0 Å². The van der Waals surface area contributed by atoms with Gasteiger partial charge in [-0.3, -0.25) is 14.9 Å². The summed E-state index contributed by atoms with van der Waals surface area (Å²) in [6, 6.07) is 0. The van der Waals surface area contributed by atoms with Crippen molar-refractivity contribution in [2.24, 2.45) is 0 Å². The van der Waals surface area contributed by atoms with E-state index in [0.717, 1.165) is 0 Å². The second-order valence-electron chi connectivity index (χ2n) is 2.07. The van der Waals surface area contributed by atoms with Gasteiger partial charge in [0, 0.05) is 12.8 Å². The first kappa shape index (κ1) is 6.01. The van der Waals surface area contributed by atoms with E-state index < -0.39 is 0 Å². The van der Waals surface area contributed by atoms with Gasteiger partial charge in [0.05, 0.1) is 0 Å². The molecule has 0 unspecified atom stereocenters. The maximum atomic E-state index is 10.5. The lowest BCUT2D eigenvalue weighted by Gasteiger charge is -2.11. The van der Waals surface area contributed by atoms with E-state index in [-0.39, 0.29) is 11.8 Å². The molecule has 3 heteroatoms. The first-order valence-corrected chi connectivity index (χ1v) is 2.68. The summed E-state index contributed by atoms with van der Waals surface area (Å²) in [6.45, 7) is 3.53. The summed E-state index contributed by atoms with van der Waals surface area (Å²) in [4.78, 5) is 21.0. The van der Waals surface area contributed by atoms with Gasteiger partial charge >= 0.3 is 0 Å². The first-order chi connectivity index (χ1) is 4.18. The van der Waals surface area contributed by atoms with Crippen molar-refractivity contribution in [3.63, 3.8) is 0 Å². The molecule has 0 aromatic rings. The highest BCUT2D eigenvalue weighted by atomic mass is 16.2. The molecule has 48 valence electrons. The maximum Gasteiger partial charge on any atom is 0.230 e. The van der Waals surface area contributed by atoms with Crippen molar-refractivity contribution in [1.82, 2.24) is 5.32 Å². The summed E-state index contributed by atoms with van der Waals surface area (Å²) in [5.41, 5.74) is 0.698. The first-order valence-electron chi connectivity index (χ1n) is 2.68. The number of nitrogens with one attached hydrogen (secondary N) is 1. The Balaban J connectivity index is 2.64. The van der Waals surface area contributed by atoms with Crippen LogP contribution in [0.25, 0.3) is 0 Å². The average Bonchev–Trinajstić information content (AvgIpc) is 1.59. The molecule has 0 atom stereocenters. The topological polar surface area (TPSA) is 46.2 Å². The molecule has 0 aliphatic carbocycles. The molecule has 0 aromatic heterocycles. The number of hydrogen-bond donors (Lipinski definition) is 1. The van der Waals surface area contributed by atoms with Gasteiger partial charge in [-0.15, -0.1) is 0 Å². The summed E-state index contributed by atoms with van der Waals surface area (Å²) in [6.07, 6.45) is 0.595. The Morgan fingerprint density at radius 1 is 1.22 bits per heavy atom. The van der Waals surface area contributed by atoms with Crippen molar-refractivity contribution < 1.29 is 9.59 Å². The van der Waals surface area contributed by atoms with Crippen molar-refractivity contribution in [3.05, 3.63) is 12.2 Å². The molecule has 1 heterocycles. The van der Waals surface area contributed by atoms with Crippen LogP contribution in [-0.4, -0.2) is 11.8 Å². The van der Waals surface area contributed by atoms with E-state index in [1.165, 1.54) is 0 Å². The second-order valence-corrected chi connectivity index (χ2v) is 2.07. The fourth-order valence-corrected chi connectivity index (χ4v) is 0.761. The standard InChI is InChI=1S/C6H7NO2/c1-4-2-5(8)7-6(9)3-4/h1-3H2,(H,7,8,9). The van der Waals surface area contributed by atoms with E-state index in [1.807, 2.05) is 0 Å². The molecule has 0 radical (unpaired) electrons. The molecule has 1 saturated heterocycles. The minimum Gasteiger partial charge on any atom is -0.296 e. The van der Waals surface area contributed by atoms with Crippen molar-refractivity contribution in [1.29, 1.82) is 0 Å². The van der Waals surface area contributed by atoms with Gasteiger partial charge in [-0.25, -0.2) is 0 Å². The third kappa shape index (κ3) is 1.38. The van der Waals surface area contributed by atoms with Gasteiger partial charge in [0.1, 0.15) is 0 Å². The van der Waals surface area contributed by atoms with Crippen LogP contribution in [0.5, 0.6) is 0 Å². The molecule has 1 aliphatic rings. The molecule has 0 spiro atoms. The zero-order chi connectivity index (χ0) is 6.85. The quantitative estimate of drug-likeness (QED) is 0.365. The van der Waals surface area contributed by atoms with Crippen molar-refractivity contribution in [3.8, 4) is 0 Å². The highest BCUT2D eigenvalue weighted by Crippen LogP contribution is 2.07. The Morgan fingerprint density at radius 2 is 1.67 bits per heavy atom. The Labute approximate surface area is 52.7 Å². The highest BCUT2D eigenvalue weighted by Gasteiger charge is 2.16. The molecule has 1 aliphatic heterocycles. The molecule has 0 bridgehead atoms. The molecule has 1 rings (SSSR count). The predicted octanol–water partition coefficient (Wildman–Crippen LogP) is -0.0208. The van der Waals surface area contributed by atoms with Crippen molar-refractivity contribution in [2.75, 3.05) is 0 Å². The molecule has 1 fully saturated rings. The van der Waals surface area contributed by atoms with Gasteiger partial charge in [0.2, 0.25) is 11.8 Å². The minimum atomic E-state index is -0.240. The van der Waals surface area contributed by atoms with Crippen LogP contribution >= 0.6 is 0 Å². The monoisotopic (exact) mass is 125 g/mol. The highest BCUT2D eigenvalue weighted by molar-refractivity contribution is 6.00. The van der Waals surface area contributed by atoms with E-state index in [9.17, 15) is 9.59 Å². The van der Waals surface area contributed by atoms with Crippen LogP contribution in [0.4, 0.5) is 0 Å². The van der Waals surface area contributed by atoms with E-state index in [4.69, 9.17) is 0 Å². The summed E-state index contributed by atoms with van der Waals surface area (Å²) in [5, 5.41) is 2.17. The molecule has 3 nitrogen and oxygen atoms in total. The summed E-state index contributed by atoms with van der Waals surface area (Å²) < 4.78 is 0. The summed E-state index contributed by atoms with van der Waals surface area (Å²) >= 11 is 0. The van der Waals surface area contributed by atoms with E-state index >= 15 is 0 Å². The minimum absolute atomic E-state index is 0.240. The Bertz CT molecular complexity index is 138. The van der Waals surface area contributed by atoms with Crippen LogP contribution in [0.1, 0.15) is 12.8 Å². The SMILES string of the molecule is C=C1CC(=O)NC(=O)C1. The fraction of sp³-hybridized carbons (Fsp3) is 0.333. The Hall–Kier alpha value is -1.12. The van der Waals surface area contributed by atoms with E-state index in [2.05, 4.69) is 11.9 Å². The maximum absolute atomic E-state index is 10.5. The van der Waals surface area contributed by atoms with Gasteiger partial charge in [-0.2, -0.15) is 0 Å². The second kappa shape index (κ2) is 2.01. The molecule has 1 N–H and O–H groups in total. The smallest absolute Gasteiger partial charge is 0.230 e. The third-order valence-electron chi connectivity index (χ3n) is 1.10. The molecule has 0 aromatic carbocycles. The third-order valence-corrected chi connectivity index (χ3v) is 1.10. The van der Waals surface area contributed by atoms with Gasteiger partial charge in [0.15, 0.2) is 0 Å². The van der Waals surface area contributed by atoms with E-state index in [0.29, 0.717) is 18.4 Å². The fourth-order valence-electron chi connectivity index (χ4n) is 0.761. The van der Waals surface area contributed by atoms with Gasteiger partial charge in [-0.05, 0) is 0 Å². The van der Waals surface area contributed by atoms with Crippen LogP contribution in [-0.2, 0) is 9.59 Å². The normalized spacial score (nSPS) is 19.8. The Kier molecular flexibility index (Phi) is 1.34. The number of rotatable bonds is 0. The van der Waals surface area contributed by atoms with Crippen LogP contribution in [0.2, 0.25) is 0 Å². The average molecular weight is 125 g/mol. The van der Waals surface area contributed by atoms with Crippen LogP contribution < -0.4 is 5.32 Å².